The van der Waals surface area contributed by atoms with Crippen molar-refractivity contribution < 1.29 is 9.13 Å². The molecule has 1 aliphatic rings. The van der Waals surface area contributed by atoms with Gasteiger partial charge < -0.3 is 10.1 Å². The van der Waals surface area contributed by atoms with E-state index in [9.17, 15) is 4.39 Å². The molecule has 0 aliphatic carbocycles. The van der Waals surface area contributed by atoms with Crippen LogP contribution in [0.15, 0.2) is 23.2 Å². The molecule has 0 radical (unpaired) electrons. The second-order valence-electron chi connectivity index (χ2n) is 3.93. The van der Waals surface area contributed by atoms with Crippen LogP contribution in [0.1, 0.15) is 6.42 Å². The van der Waals surface area contributed by atoms with E-state index in [4.69, 9.17) is 16.3 Å². The zero-order valence-corrected chi connectivity index (χ0v) is 11.5. The van der Waals surface area contributed by atoms with Crippen LogP contribution in [0.4, 0.5) is 10.1 Å². The Morgan fingerprint density at radius 2 is 2.44 bits per heavy atom. The first-order valence-electron chi connectivity index (χ1n) is 5.60. The van der Waals surface area contributed by atoms with Gasteiger partial charge in [0.25, 0.3) is 0 Å². The summed E-state index contributed by atoms with van der Waals surface area (Å²) in [6, 6.07) is 4.55. The predicted molar refractivity (Wildman–Crippen MR) is 75.2 cm³/mol. The summed E-state index contributed by atoms with van der Waals surface area (Å²) in [7, 11) is 1.68. The number of rotatable bonds is 4. The van der Waals surface area contributed by atoms with Gasteiger partial charge in [-0.25, -0.2) is 4.39 Å². The number of thioether (sulfide) groups is 1. The minimum absolute atomic E-state index is 0.275. The van der Waals surface area contributed by atoms with E-state index < -0.39 is 0 Å². The Balaban J connectivity index is 1.97. The molecule has 1 atom stereocenters. The molecule has 0 spiro atoms. The standard InChI is InChI=1S/C12H14ClFN2OS/c1-17-5-4-9-7-18-12(15-9)16-11-3-2-8(14)6-10(11)13/h2-3,6,9H,4-5,7H2,1H3,(H,15,16). The lowest BCUT2D eigenvalue weighted by atomic mass is 10.2. The second kappa shape index (κ2) is 6.41. The van der Waals surface area contributed by atoms with Crippen molar-refractivity contribution in [1.82, 2.24) is 0 Å². The summed E-state index contributed by atoms with van der Waals surface area (Å²) in [5.41, 5.74) is 0.678. The molecule has 1 N–H and O–H groups in total. The molecule has 1 aliphatic heterocycles. The molecule has 0 fully saturated rings. The number of ether oxygens (including phenoxy) is 1. The van der Waals surface area contributed by atoms with Gasteiger partial charge in [-0.05, 0) is 24.6 Å². The Bertz CT molecular complexity index is 456. The van der Waals surface area contributed by atoms with Crippen molar-refractivity contribution in [3.05, 3.63) is 29.0 Å². The zero-order chi connectivity index (χ0) is 13.0. The molecule has 0 aromatic heterocycles. The average molecular weight is 289 g/mol. The summed E-state index contributed by atoms with van der Waals surface area (Å²) in [6.45, 7) is 0.708. The number of hydrogen-bond donors (Lipinski definition) is 1. The average Bonchev–Trinajstić information content (AvgIpc) is 2.78. The third kappa shape index (κ3) is 3.60. The fourth-order valence-electron chi connectivity index (χ4n) is 1.59. The summed E-state index contributed by atoms with van der Waals surface area (Å²) < 4.78 is 17.9. The van der Waals surface area contributed by atoms with Gasteiger partial charge in [0.15, 0.2) is 5.17 Å². The van der Waals surface area contributed by atoms with Crippen LogP contribution in [-0.4, -0.2) is 30.7 Å². The van der Waals surface area contributed by atoms with Gasteiger partial charge >= 0.3 is 0 Å². The molecule has 98 valence electrons. The van der Waals surface area contributed by atoms with Gasteiger partial charge in [0.05, 0.1) is 16.8 Å². The third-order valence-electron chi connectivity index (χ3n) is 2.54. The van der Waals surface area contributed by atoms with Crippen LogP contribution < -0.4 is 5.32 Å². The number of methoxy groups -OCH3 is 1. The van der Waals surface area contributed by atoms with E-state index in [-0.39, 0.29) is 11.9 Å². The fraction of sp³-hybridized carbons (Fsp3) is 0.417. The Hall–Kier alpha value is -0.780. The molecule has 0 bridgehead atoms. The Labute approximate surface area is 115 Å². The lowest BCUT2D eigenvalue weighted by Crippen LogP contribution is -2.08. The van der Waals surface area contributed by atoms with Gasteiger partial charge in [-0.2, -0.15) is 0 Å². The molecule has 1 aromatic rings. The summed E-state index contributed by atoms with van der Waals surface area (Å²) >= 11 is 7.58. The third-order valence-corrected chi connectivity index (χ3v) is 3.89. The molecule has 0 amide bonds. The summed E-state index contributed by atoms with van der Waals surface area (Å²) in [5.74, 6) is 0.592. The predicted octanol–water partition coefficient (Wildman–Crippen LogP) is 3.40. The molecule has 2 rings (SSSR count). The largest absolute Gasteiger partial charge is 0.385 e. The number of nitrogens with zero attached hydrogens (tertiary/aromatic N) is 1. The van der Waals surface area contributed by atoms with Gasteiger partial charge in [-0.3, -0.25) is 4.99 Å². The van der Waals surface area contributed by atoms with E-state index in [1.165, 1.54) is 12.1 Å². The van der Waals surface area contributed by atoms with Gasteiger partial charge in [0.2, 0.25) is 0 Å². The van der Waals surface area contributed by atoms with E-state index in [0.717, 1.165) is 17.3 Å². The van der Waals surface area contributed by atoms with E-state index in [1.54, 1.807) is 24.9 Å². The van der Waals surface area contributed by atoms with Crippen molar-refractivity contribution in [2.24, 2.45) is 4.99 Å². The highest BCUT2D eigenvalue weighted by molar-refractivity contribution is 8.14. The van der Waals surface area contributed by atoms with Crippen LogP contribution in [0.3, 0.4) is 0 Å². The fourth-order valence-corrected chi connectivity index (χ4v) is 2.80. The lowest BCUT2D eigenvalue weighted by Gasteiger charge is -2.06. The maximum Gasteiger partial charge on any atom is 0.161 e. The van der Waals surface area contributed by atoms with Gasteiger partial charge in [0.1, 0.15) is 5.82 Å². The number of benzene rings is 1. The van der Waals surface area contributed by atoms with E-state index >= 15 is 0 Å². The first kappa shape index (κ1) is 13.6. The second-order valence-corrected chi connectivity index (χ2v) is 5.35. The van der Waals surface area contributed by atoms with Crippen molar-refractivity contribution >= 4 is 34.2 Å². The van der Waals surface area contributed by atoms with Crippen molar-refractivity contribution in [1.29, 1.82) is 0 Å². The molecule has 1 heterocycles. The molecule has 0 saturated carbocycles. The molecule has 0 saturated heterocycles. The number of halogens is 2. The first-order valence-corrected chi connectivity index (χ1v) is 6.97. The maximum absolute atomic E-state index is 12.9. The zero-order valence-electron chi connectivity index (χ0n) is 9.95. The molecule has 6 heteroatoms. The molecule has 1 unspecified atom stereocenters. The molecule has 18 heavy (non-hydrogen) atoms. The highest BCUT2D eigenvalue weighted by atomic mass is 35.5. The number of nitrogens with one attached hydrogen (secondary N) is 1. The maximum atomic E-state index is 12.9. The van der Waals surface area contributed by atoms with E-state index in [0.29, 0.717) is 17.3 Å². The monoisotopic (exact) mass is 288 g/mol. The Morgan fingerprint density at radius 1 is 1.61 bits per heavy atom. The first-order chi connectivity index (χ1) is 8.69. The van der Waals surface area contributed by atoms with Gasteiger partial charge in [-0.15, -0.1) is 0 Å². The number of aliphatic imine (C=N–C) groups is 1. The molecule has 3 nitrogen and oxygen atoms in total. The number of hydrogen-bond acceptors (Lipinski definition) is 4. The SMILES string of the molecule is COCCC1CSC(Nc2ccc(F)cc2Cl)=N1. The van der Waals surface area contributed by atoms with Crippen molar-refractivity contribution in [2.45, 2.75) is 12.5 Å². The minimum atomic E-state index is -0.343. The lowest BCUT2D eigenvalue weighted by molar-refractivity contribution is 0.190. The van der Waals surface area contributed by atoms with Crippen LogP contribution >= 0.6 is 23.4 Å². The normalized spacial score (nSPS) is 18.8. The van der Waals surface area contributed by atoms with Crippen molar-refractivity contribution in [3.63, 3.8) is 0 Å². The van der Waals surface area contributed by atoms with Gasteiger partial charge in [0, 0.05) is 19.5 Å². The summed E-state index contributed by atoms with van der Waals surface area (Å²) in [6.07, 6.45) is 0.909. The molecular weight excluding hydrogens is 275 g/mol. The number of amidine groups is 1. The van der Waals surface area contributed by atoms with Crippen molar-refractivity contribution in [3.8, 4) is 0 Å². The van der Waals surface area contributed by atoms with Crippen LogP contribution in [0.25, 0.3) is 0 Å². The Kier molecular flexibility index (Phi) is 4.86. The summed E-state index contributed by atoms with van der Waals surface area (Å²) in [5, 5.41) is 4.30. The van der Waals surface area contributed by atoms with Crippen LogP contribution in [0.5, 0.6) is 0 Å². The highest BCUT2D eigenvalue weighted by Crippen LogP contribution is 2.26. The van der Waals surface area contributed by atoms with Crippen LogP contribution in [0, 0.1) is 5.82 Å². The van der Waals surface area contributed by atoms with Gasteiger partial charge in [-0.1, -0.05) is 23.4 Å². The topological polar surface area (TPSA) is 33.6 Å². The van der Waals surface area contributed by atoms with Crippen LogP contribution in [-0.2, 0) is 4.74 Å². The van der Waals surface area contributed by atoms with E-state index in [1.807, 2.05) is 0 Å². The smallest absolute Gasteiger partial charge is 0.161 e. The summed E-state index contributed by atoms with van der Waals surface area (Å²) in [4.78, 5) is 4.52. The Morgan fingerprint density at radius 3 is 3.17 bits per heavy atom. The van der Waals surface area contributed by atoms with Crippen molar-refractivity contribution in [2.75, 3.05) is 24.8 Å². The highest BCUT2D eigenvalue weighted by Gasteiger charge is 2.18. The molecule has 1 aromatic carbocycles. The minimum Gasteiger partial charge on any atom is -0.385 e. The van der Waals surface area contributed by atoms with E-state index in [2.05, 4.69) is 10.3 Å². The quantitative estimate of drug-likeness (QED) is 0.922. The number of anilines is 1. The molecular formula is C12H14ClFN2OS. The van der Waals surface area contributed by atoms with Crippen LogP contribution in [0.2, 0.25) is 5.02 Å².